The molecule has 1 N–H and O–H groups in total. The number of likely N-dealkylation sites (tertiary alicyclic amines) is 1. The smallest absolute Gasteiger partial charge is 0.236 e. The number of hydrogen-bond donors (Lipinski definition) is 1. The third kappa shape index (κ3) is 4.92. The molecule has 7 nitrogen and oxygen atoms in total. The van der Waals surface area contributed by atoms with Gasteiger partial charge < -0.3 is 15.1 Å². The third-order valence-corrected chi connectivity index (χ3v) is 5.04. The van der Waals surface area contributed by atoms with E-state index in [1.165, 1.54) is 0 Å². The Balaban J connectivity index is 1.38. The van der Waals surface area contributed by atoms with Gasteiger partial charge in [0, 0.05) is 52.4 Å². The lowest BCUT2D eigenvalue weighted by Crippen LogP contribution is -2.52. The van der Waals surface area contributed by atoms with Crippen LogP contribution in [0.25, 0.3) is 0 Å². The molecule has 1 atom stereocenters. The number of aromatic nitrogens is 1. The summed E-state index contributed by atoms with van der Waals surface area (Å²) in [5, 5.41) is 3.37. The van der Waals surface area contributed by atoms with Crippen LogP contribution in [-0.2, 0) is 9.59 Å². The molecule has 3 heterocycles. The standard InChI is InChI=1S/C18H27N5O2/c1-15(24)22-8-10-23(11-9-22)18(25)14-21-7-5-16(13-21)12-20-17-4-2-3-6-19-17/h2-4,6,16H,5,7-14H2,1H3,(H,19,20)/t16-/m1/s1. The number of nitrogens with zero attached hydrogens (tertiary/aromatic N) is 4. The Hall–Kier alpha value is -2.15. The van der Waals surface area contributed by atoms with Crippen LogP contribution in [-0.4, -0.2) is 83.9 Å². The number of amides is 2. The second-order valence-electron chi connectivity index (χ2n) is 6.87. The van der Waals surface area contributed by atoms with Crippen LogP contribution in [0.4, 0.5) is 5.82 Å². The van der Waals surface area contributed by atoms with Crippen molar-refractivity contribution in [2.24, 2.45) is 5.92 Å². The van der Waals surface area contributed by atoms with Crippen LogP contribution in [0.1, 0.15) is 13.3 Å². The summed E-state index contributed by atoms with van der Waals surface area (Å²) in [6.45, 7) is 7.47. The van der Waals surface area contributed by atoms with Crippen LogP contribution in [0, 0.1) is 5.92 Å². The van der Waals surface area contributed by atoms with E-state index in [9.17, 15) is 9.59 Å². The van der Waals surface area contributed by atoms with Crippen LogP contribution in [0.3, 0.4) is 0 Å². The molecule has 0 spiro atoms. The normalized spacial score (nSPS) is 21.4. The molecule has 25 heavy (non-hydrogen) atoms. The molecule has 0 bridgehead atoms. The molecule has 0 saturated carbocycles. The van der Waals surface area contributed by atoms with Crippen molar-refractivity contribution in [1.82, 2.24) is 19.7 Å². The van der Waals surface area contributed by atoms with E-state index in [4.69, 9.17) is 0 Å². The van der Waals surface area contributed by atoms with Gasteiger partial charge >= 0.3 is 0 Å². The molecule has 2 aliphatic heterocycles. The van der Waals surface area contributed by atoms with Gasteiger partial charge in [-0.1, -0.05) is 6.07 Å². The summed E-state index contributed by atoms with van der Waals surface area (Å²) < 4.78 is 0. The number of anilines is 1. The second kappa shape index (κ2) is 8.29. The van der Waals surface area contributed by atoms with Crippen molar-refractivity contribution < 1.29 is 9.59 Å². The zero-order chi connectivity index (χ0) is 17.6. The molecule has 136 valence electrons. The molecule has 2 amide bonds. The second-order valence-corrected chi connectivity index (χ2v) is 6.87. The molecule has 0 unspecified atom stereocenters. The summed E-state index contributed by atoms with van der Waals surface area (Å²) in [7, 11) is 0. The summed E-state index contributed by atoms with van der Waals surface area (Å²) >= 11 is 0. The summed E-state index contributed by atoms with van der Waals surface area (Å²) in [6.07, 6.45) is 2.89. The van der Waals surface area contributed by atoms with Crippen molar-refractivity contribution in [2.75, 3.05) is 57.7 Å². The molecular formula is C18H27N5O2. The van der Waals surface area contributed by atoms with Crippen molar-refractivity contribution in [3.8, 4) is 0 Å². The maximum absolute atomic E-state index is 12.5. The van der Waals surface area contributed by atoms with E-state index in [1.54, 1.807) is 18.0 Å². The minimum Gasteiger partial charge on any atom is -0.370 e. The summed E-state index contributed by atoms with van der Waals surface area (Å²) in [4.78, 5) is 34.0. The third-order valence-electron chi connectivity index (χ3n) is 5.04. The average molecular weight is 345 g/mol. The number of rotatable bonds is 5. The van der Waals surface area contributed by atoms with Gasteiger partial charge in [0.1, 0.15) is 5.82 Å². The van der Waals surface area contributed by atoms with E-state index in [0.29, 0.717) is 38.6 Å². The Bertz CT molecular complexity index is 586. The number of pyridine rings is 1. The first kappa shape index (κ1) is 17.7. The Morgan fingerprint density at radius 2 is 1.92 bits per heavy atom. The fraction of sp³-hybridized carbons (Fsp3) is 0.611. The highest BCUT2D eigenvalue weighted by atomic mass is 16.2. The molecule has 2 aliphatic rings. The molecule has 1 aromatic heterocycles. The van der Waals surface area contributed by atoms with Crippen LogP contribution in [0.15, 0.2) is 24.4 Å². The van der Waals surface area contributed by atoms with Gasteiger partial charge in [0.2, 0.25) is 11.8 Å². The zero-order valence-corrected chi connectivity index (χ0v) is 14.9. The largest absolute Gasteiger partial charge is 0.370 e. The van der Waals surface area contributed by atoms with E-state index in [2.05, 4.69) is 15.2 Å². The van der Waals surface area contributed by atoms with Gasteiger partial charge in [-0.15, -0.1) is 0 Å². The van der Waals surface area contributed by atoms with Crippen LogP contribution in [0.2, 0.25) is 0 Å². The predicted molar refractivity (Wildman–Crippen MR) is 96.1 cm³/mol. The number of carbonyl (C=O) groups excluding carboxylic acids is 2. The zero-order valence-electron chi connectivity index (χ0n) is 14.9. The molecule has 0 aliphatic carbocycles. The molecule has 3 rings (SSSR count). The van der Waals surface area contributed by atoms with E-state index >= 15 is 0 Å². The van der Waals surface area contributed by atoms with Gasteiger partial charge in [0.25, 0.3) is 0 Å². The minimum absolute atomic E-state index is 0.0925. The highest BCUT2D eigenvalue weighted by molar-refractivity contribution is 5.79. The highest BCUT2D eigenvalue weighted by Crippen LogP contribution is 2.17. The van der Waals surface area contributed by atoms with Gasteiger partial charge in [-0.25, -0.2) is 4.98 Å². The summed E-state index contributed by atoms with van der Waals surface area (Å²) in [6, 6.07) is 5.85. The van der Waals surface area contributed by atoms with E-state index < -0.39 is 0 Å². The maximum atomic E-state index is 12.5. The summed E-state index contributed by atoms with van der Waals surface area (Å²) in [5.74, 6) is 1.72. The topological polar surface area (TPSA) is 68.8 Å². The van der Waals surface area contributed by atoms with Crippen molar-refractivity contribution in [2.45, 2.75) is 13.3 Å². The molecule has 2 fully saturated rings. The number of nitrogens with one attached hydrogen (secondary N) is 1. The Labute approximate surface area is 149 Å². The first-order chi connectivity index (χ1) is 12.1. The van der Waals surface area contributed by atoms with Crippen LogP contribution in [0.5, 0.6) is 0 Å². The lowest BCUT2D eigenvalue weighted by Gasteiger charge is -2.35. The first-order valence-corrected chi connectivity index (χ1v) is 9.02. The Morgan fingerprint density at radius 3 is 2.60 bits per heavy atom. The van der Waals surface area contributed by atoms with Crippen molar-refractivity contribution in [3.63, 3.8) is 0 Å². The summed E-state index contributed by atoms with van der Waals surface area (Å²) in [5.41, 5.74) is 0. The molecule has 0 aromatic carbocycles. The molecule has 2 saturated heterocycles. The van der Waals surface area contributed by atoms with Gasteiger partial charge in [0.15, 0.2) is 0 Å². The minimum atomic E-state index is 0.0925. The predicted octanol–water partition coefficient (Wildman–Crippen LogP) is 0.506. The number of piperazine rings is 1. The molecule has 1 aromatic rings. The van der Waals surface area contributed by atoms with Crippen molar-refractivity contribution >= 4 is 17.6 Å². The fourth-order valence-electron chi connectivity index (χ4n) is 3.50. The van der Waals surface area contributed by atoms with Crippen LogP contribution < -0.4 is 5.32 Å². The molecule has 7 heteroatoms. The van der Waals surface area contributed by atoms with Crippen LogP contribution >= 0.6 is 0 Å². The average Bonchev–Trinajstić information content (AvgIpc) is 3.08. The molecule has 0 radical (unpaired) electrons. The SMILES string of the molecule is CC(=O)N1CCN(C(=O)CN2CC[C@H](CNc3ccccn3)C2)CC1. The maximum Gasteiger partial charge on any atom is 0.236 e. The first-order valence-electron chi connectivity index (χ1n) is 9.02. The van der Waals surface area contributed by atoms with E-state index in [-0.39, 0.29) is 11.8 Å². The highest BCUT2D eigenvalue weighted by Gasteiger charge is 2.27. The van der Waals surface area contributed by atoms with Gasteiger partial charge in [-0.3, -0.25) is 14.5 Å². The van der Waals surface area contributed by atoms with Crippen molar-refractivity contribution in [3.05, 3.63) is 24.4 Å². The Morgan fingerprint density at radius 1 is 1.16 bits per heavy atom. The Kier molecular flexibility index (Phi) is 5.86. The lowest BCUT2D eigenvalue weighted by atomic mass is 10.1. The monoisotopic (exact) mass is 345 g/mol. The van der Waals surface area contributed by atoms with E-state index in [0.717, 1.165) is 31.9 Å². The number of hydrogen-bond acceptors (Lipinski definition) is 5. The van der Waals surface area contributed by atoms with Gasteiger partial charge in [0.05, 0.1) is 6.54 Å². The number of carbonyl (C=O) groups is 2. The molecular weight excluding hydrogens is 318 g/mol. The van der Waals surface area contributed by atoms with E-state index in [1.807, 2.05) is 23.1 Å². The quantitative estimate of drug-likeness (QED) is 0.842. The lowest BCUT2D eigenvalue weighted by molar-refractivity contribution is -0.139. The van der Waals surface area contributed by atoms with Gasteiger partial charge in [-0.2, -0.15) is 0 Å². The fourth-order valence-corrected chi connectivity index (χ4v) is 3.50. The van der Waals surface area contributed by atoms with Gasteiger partial charge in [-0.05, 0) is 31.0 Å². The van der Waals surface area contributed by atoms with Crippen molar-refractivity contribution in [1.29, 1.82) is 0 Å².